The van der Waals surface area contributed by atoms with Gasteiger partial charge in [0.15, 0.2) is 0 Å². The number of amides is 1. The molecule has 3 aromatic rings. The summed E-state index contributed by atoms with van der Waals surface area (Å²) in [7, 11) is 0. The first-order valence-electron chi connectivity index (χ1n) is 8.07. The van der Waals surface area contributed by atoms with E-state index in [-0.39, 0.29) is 31.2 Å². The molecule has 1 amide bonds. The van der Waals surface area contributed by atoms with E-state index in [2.05, 4.69) is 4.98 Å². The van der Waals surface area contributed by atoms with Crippen LogP contribution in [0, 0.1) is 13.8 Å². The second-order valence-electron chi connectivity index (χ2n) is 6.02. The van der Waals surface area contributed by atoms with Crippen LogP contribution in [-0.2, 0) is 6.54 Å². The first kappa shape index (κ1) is 17.4. The lowest BCUT2D eigenvalue weighted by molar-refractivity contribution is 0.0712. The number of aromatic nitrogens is 1. The number of rotatable bonds is 5. The van der Waals surface area contributed by atoms with E-state index in [1.807, 2.05) is 43.5 Å². The maximum Gasteiger partial charge on any atom is 0.264 e. The fourth-order valence-corrected chi connectivity index (χ4v) is 3.51. The van der Waals surface area contributed by atoms with Gasteiger partial charge >= 0.3 is 0 Å². The molecule has 0 radical (unpaired) electrons. The van der Waals surface area contributed by atoms with Gasteiger partial charge in [0.1, 0.15) is 0 Å². The zero-order chi connectivity index (χ0) is 18.0. The number of benzene rings is 1. The van der Waals surface area contributed by atoms with Gasteiger partial charge in [-0.2, -0.15) is 0 Å². The summed E-state index contributed by atoms with van der Waals surface area (Å²) in [5, 5.41) is 12.1. The average molecular weight is 356 g/mol. The molecular formula is C19H20N2O3S. The highest BCUT2D eigenvalue weighted by Gasteiger charge is 2.18. The number of aromatic amines is 1. The smallest absolute Gasteiger partial charge is 0.264 e. The van der Waals surface area contributed by atoms with Crippen LogP contribution in [0.5, 0.6) is 0 Å². The van der Waals surface area contributed by atoms with Crippen LogP contribution in [0.4, 0.5) is 0 Å². The van der Waals surface area contributed by atoms with Gasteiger partial charge in [0.25, 0.3) is 11.5 Å². The number of carbonyl (C=O) groups is 1. The van der Waals surface area contributed by atoms with E-state index < -0.39 is 0 Å². The largest absolute Gasteiger partial charge is 0.395 e. The molecule has 3 rings (SSSR count). The number of nitrogens with one attached hydrogen (secondary N) is 1. The number of hydrogen-bond donors (Lipinski definition) is 2. The molecule has 0 aliphatic rings. The van der Waals surface area contributed by atoms with Crippen molar-refractivity contribution in [2.45, 2.75) is 20.4 Å². The molecule has 2 aromatic heterocycles. The quantitative estimate of drug-likeness (QED) is 0.738. The maximum absolute atomic E-state index is 12.6. The zero-order valence-electron chi connectivity index (χ0n) is 14.2. The summed E-state index contributed by atoms with van der Waals surface area (Å²) in [5.41, 5.74) is 3.29. The number of hydrogen-bond acceptors (Lipinski definition) is 4. The van der Waals surface area contributed by atoms with Crippen LogP contribution in [-0.4, -0.2) is 34.0 Å². The molecular weight excluding hydrogens is 336 g/mol. The second kappa shape index (κ2) is 7.21. The van der Waals surface area contributed by atoms with Gasteiger partial charge in [-0.3, -0.25) is 9.59 Å². The van der Waals surface area contributed by atoms with Gasteiger partial charge in [-0.15, -0.1) is 11.3 Å². The molecule has 0 aliphatic heterocycles. The average Bonchev–Trinajstić information content (AvgIpc) is 3.13. The molecule has 1 aromatic carbocycles. The van der Waals surface area contributed by atoms with Gasteiger partial charge in [-0.25, -0.2) is 0 Å². The van der Waals surface area contributed by atoms with Crippen molar-refractivity contribution in [3.63, 3.8) is 0 Å². The van der Waals surface area contributed by atoms with Crippen molar-refractivity contribution in [2.24, 2.45) is 0 Å². The lowest BCUT2D eigenvalue weighted by atomic mass is 10.0. The summed E-state index contributed by atoms with van der Waals surface area (Å²) in [4.78, 5) is 30.1. The Labute approximate surface area is 149 Å². The predicted octanol–water partition coefficient (Wildman–Crippen LogP) is 2.84. The van der Waals surface area contributed by atoms with Gasteiger partial charge < -0.3 is 15.0 Å². The second-order valence-corrected chi connectivity index (χ2v) is 6.97. The van der Waals surface area contributed by atoms with Crippen molar-refractivity contribution in [3.05, 3.63) is 67.6 Å². The molecule has 0 saturated heterocycles. The van der Waals surface area contributed by atoms with Crippen molar-refractivity contribution in [2.75, 3.05) is 13.2 Å². The van der Waals surface area contributed by atoms with E-state index in [1.165, 1.54) is 16.2 Å². The zero-order valence-corrected chi connectivity index (χ0v) is 15.0. The maximum atomic E-state index is 12.6. The predicted molar refractivity (Wildman–Crippen MR) is 100 cm³/mol. The third-order valence-corrected chi connectivity index (χ3v) is 5.24. The lowest BCUT2D eigenvalue weighted by Crippen LogP contribution is -2.34. The summed E-state index contributed by atoms with van der Waals surface area (Å²) >= 11 is 1.35. The lowest BCUT2D eigenvalue weighted by Gasteiger charge is -2.21. The van der Waals surface area contributed by atoms with Gasteiger partial charge in [0, 0.05) is 12.1 Å². The van der Waals surface area contributed by atoms with Crippen molar-refractivity contribution in [1.29, 1.82) is 0 Å². The minimum Gasteiger partial charge on any atom is -0.395 e. The first-order valence-corrected chi connectivity index (χ1v) is 8.95. The van der Waals surface area contributed by atoms with Gasteiger partial charge in [-0.05, 0) is 47.9 Å². The number of nitrogens with zero attached hydrogens (tertiary/aromatic N) is 1. The first-order chi connectivity index (χ1) is 12.0. The Morgan fingerprint density at radius 3 is 2.76 bits per heavy atom. The standard InChI is InChI=1S/C19H20N2O3S/c1-12-5-6-14-10-15(18(23)20-17(14)13(12)2)11-21(7-8-22)19(24)16-4-3-9-25-16/h3-6,9-10,22H,7-8,11H2,1-2H3,(H,20,23). The number of aryl methyl sites for hydroxylation is 2. The normalized spacial score (nSPS) is 11.0. The number of thiophene rings is 1. The Kier molecular flexibility index (Phi) is 5.01. The van der Waals surface area contributed by atoms with Crippen LogP contribution in [0.1, 0.15) is 26.4 Å². The SMILES string of the molecule is Cc1ccc2cc(CN(CCO)C(=O)c3cccs3)c(=O)[nH]c2c1C. The molecule has 0 fully saturated rings. The molecule has 0 unspecified atom stereocenters. The Morgan fingerprint density at radius 2 is 2.08 bits per heavy atom. The molecule has 25 heavy (non-hydrogen) atoms. The van der Waals surface area contributed by atoms with E-state index in [1.54, 1.807) is 6.07 Å². The highest BCUT2D eigenvalue weighted by atomic mass is 32.1. The molecule has 2 N–H and O–H groups in total. The molecule has 0 aliphatic carbocycles. The number of fused-ring (bicyclic) bond motifs is 1. The van der Waals surface area contributed by atoms with E-state index in [4.69, 9.17) is 0 Å². The molecule has 0 atom stereocenters. The summed E-state index contributed by atoms with van der Waals surface area (Å²) < 4.78 is 0. The van der Waals surface area contributed by atoms with Crippen LogP contribution < -0.4 is 5.56 Å². The highest BCUT2D eigenvalue weighted by Crippen LogP contribution is 2.20. The number of H-pyrrole nitrogens is 1. The van der Waals surface area contributed by atoms with Crippen molar-refractivity contribution < 1.29 is 9.90 Å². The molecule has 5 nitrogen and oxygen atoms in total. The van der Waals surface area contributed by atoms with E-state index >= 15 is 0 Å². The van der Waals surface area contributed by atoms with E-state index in [9.17, 15) is 14.7 Å². The Hall–Kier alpha value is -2.44. The monoisotopic (exact) mass is 356 g/mol. The number of carbonyl (C=O) groups excluding carboxylic acids is 1. The third-order valence-electron chi connectivity index (χ3n) is 4.38. The molecule has 0 saturated carbocycles. The molecule has 2 heterocycles. The van der Waals surface area contributed by atoms with Gasteiger partial charge in [-0.1, -0.05) is 18.2 Å². The van der Waals surface area contributed by atoms with E-state index in [0.29, 0.717) is 10.4 Å². The van der Waals surface area contributed by atoms with Crippen LogP contribution in [0.25, 0.3) is 10.9 Å². The number of pyridine rings is 1. The van der Waals surface area contributed by atoms with E-state index in [0.717, 1.165) is 22.0 Å². The topological polar surface area (TPSA) is 73.4 Å². The fraction of sp³-hybridized carbons (Fsp3) is 0.263. The Bertz CT molecular complexity index is 961. The summed E-state index contributed by atoms with van der Waals surface area (Å²) in [6, 6.07) is 9.36. The molecule has 0 spiro atoms. The number of aliphatic hydroxyl groups is 1. The van der Waals surface area contributed by atoms with Crippen molar-refractivity contribution >= 4 is 28.1 Å². The van der Waals surface area contributed by atoms with Gasteiger partial charge in [0.2, 0.25) is 0 Å². The van der Waals surface area contributed by atoms with Crippen molar-refractivity contribution in [3.8, 4) is 0 Å². The summed E-state index contributed by atoms with van der Waals surface area (Å²) in [5.74, 6) is -0.177. The number of aliphatic hydroxyl groups excluding tert-OH is 1. The van der Waals surface area contributed by atoms with Gasteiger partial charge in [0.05, 0.1) is 23.5 Å². The fourth-order valence-electron chi connectivity index (χ4n) is 2.82. The summed E-state index contributed by atoms with van der Waals surface area (Å²) in [6.07, 6.45) is 0. The Balaban J connectivity index is 1.97. The third kappa shape index (κ3) is 3.50. The van der Waals surface area contributed by atoms with Crippen molar-refractivity contribution in [1.82, 2.24) is 9.88 Å². The molecule has 0 bridgehead atoms. The minimum atomic E-state index is -0.205. The minimum absolute atomic E-state index is 0.152. The van der Waals surface area contributed by atoms with Crippen LogP contribution in [0.15, 0.2) is 40.5 Å². The molecule has 130 valence electrons. The van der Waals surface area contributed by atoms with Crippen LogP contribution in [0.3, 0.4) is 0 Å². The Morgan fingerprint density at radius 1 is 1.28 bits per heavy atom. The van der Waals surface area contributed by atoms with Crippen LogP contribution in [0.2, 0.25) is 0 Å². The highest BCUT2D eigenvalue weighted by molar-refractivity contribution is 7.12. The van der Waals surface area contributed by atoms with Crippen LogP contribution >= 0.6 is 11.3 Å². The molecule has 6 heteroatoms. The summed E-state index contributed by atoms with van der Waals surface area (Å²) in [6.45, 7) is 4.17.